The summed E-state index contributed by atoms with van der Waals surface area (Å²) in [7, 11) is 0. The molecule has 0 unspecified atom stereocenters. The normalized spacial score (nSPS) is 10.2. The third-order valence-electron chi connectivity index (χ3n) is 2.21. The minimum Gasteiger partial charge on any atom is -0.374 e. The number of nitro benzene ring substituents is 1. The van der Waals surface area contributed by atoms with Crippen LogP contribution in [-0.2, 0) is 6.54 Å². The van der Waals surface area contributed by atoms with E-state index < -0.39 is 4.92 Å². The van der Waals surface area contributed by atoms with Crippen molar-refractivity contribution in [2.45, 2.75) is 6.54 Å². The average Bonchev–Trinajstić information content (AvgIpc) is 2.80. The van der Waals surface area contributed by atoms with Crippen molar-refractivity contribution in [3.63, 3.8) is 0 Å². The fourth-order valence-corrected chi connectivity index (χ4v) is 1.64. The van der Waals surface area contributed by atoms with E-state index in [0.29, 0.717) is 17.3 Å². The number of H-pyrrole nitrogens is 1. The van der Waals surface area contributed by atoms with Crippen LogP contribution in [0.25, 0.3) is 0 Å². The Hall–Kier alpha value is -2.08. The second kappa shape index (κ2) is 4.84. The smallest absolute Gasteiger partial charge is 0.293 e. The van der Waals surface area contributed by atoms with E-state index in [4.69, 9.17) is 11.6 Å². The van der Waals surface area contributed by atoms with Gasteiger partial charge in [0.2, 0.25) is 0 Å². The summed E-state index contributed by atoms with van der Waals surface area (Å²) in [5.41, 5.74) is 1.17. The second-order valence-corrected chi connectivity index (χ2v) is 3.76. The molecule has 1 aromatic carbocycles. The lowest BCUT2D eigenvalue weighted by atomic mass is 10.2. The first-order valence-corrected chi connectivity index (χ1v) is 5.20. The fourth-order valence-electron chi connectivity index (χ4n) is 1.40. The van der Waals surface area contributed by atoms with E-state index >= 15 is 0 Å². The summed E-state index contributed by atoms with van der Waals surface area (Å²) < 4.78 is 0. The zero-order chi connectivity index (χ0) is 12.3. The molecule has 2 N–H and O–H groups in total. The number of hydrogen-bond donors (Lipinski definition) is 2. The van der Waals surface area contributed by atoms with Crippen molar-refractivity contribution in [2.75, 3.05) is 5.32 Å². The van der Waals surface area contributed by atoms with Gasteiger partial charge in [0, 0.05) is 24.4 Å². The molecule has 0 radical (unpaired) electrons. The van der Waals surface area contributed by atoms with Gasteiger partial charge in [-0.05, 0) is 6.07 Å². The molecular weight excluding hydrogens is 244 g/mol. The number of halogens is 1. The van der Waals surface area contributed by atoms with Crippen molar-refractivity contribution < 1.29 is 4.92 Å². The number of hydrogen-bond acceptors (Lipinski definition) is 4. The Bertz CT molecular complexity index is 527. The Morgan fingerprint density at radius 2 is 2.35 bits per heavy atom. The number of rotatable bonds is 4. The lowest BCUT2D eigenvalue weighted by Crippen LogP contribution is -2.02. The molecule has 2 aromatic rings. The Morgan fingerprint density at radius 3 is 3.00 bits per heavy atom. The van der Waals surface area contributed by atoms with Crippen molar-refractivity contribution in [1.82, 2.24) is 10.2 Å². The molecule has 0 aliphatic carbocycles. The van der Waals surface area contributed by atoms with E-state index in [0.717, 1.165) is 5.56 Å². The zero-order valence-electron chi connectivity index (χ0n) is 8.68. The number of nitro groups is 1. The molecule has 17 heavy (non-hydrogen) atoms. The predicted molar refractivity (Wildman–Crippen MR) is 64.0 cm³/mol. The number of benzene rings is 1. The monoisotopic (exact) mass is 252 g/mol. The first-order chi connectivity index (χ1) is 8.18. The Balaban J connectivity index is 2.22. The van der Waals surface area contributed by atoms with Gasteiger partial charge in [0.25, 0.3) is 5.69 Å². The highest BCUT2D eigenvalue weighted by molar-refractivity contribution is 6.33. The maximum Gasteiger partial charge on any atom is 0.293 e. The minimum atomic E-state index is -0.469. The molecule has 0 aliphatic rings. The van der Waals surface area contributed by atoms with Crippen molar-refractivity contribution >= 4 is 23.0 Å². The summed E-state index contributed by atoms with van der Waals surface area (Å²) in [4.78, 5) is 10.4. The Labute approximate surface area is 102 Å². The predicted octanol–water partition coefficient (Wildman–Crippen LogP) is 2.58. The topological polar surface area (TPSA) is 83.8 Å². The summed E-state index contributed by atoms with van der Waals surface area (Å²) in [6.07, 6.45) is 3.34. The number of aromatic amines is 1. The highest BCUT2D eigenvalue weighted by atomic mass is 35.5. The number of nitrogens with zero attached hydrogens (tertiary/aromatic N) is 2. The molecule has 1 heterocycles. The van der Waals surface area contributed by atoms with Crippen LogP contribution >= 0.6 is 11.6 Å². The molecule has 0 amide bonds. The van der Waals surface area contributed by atoms with Gasteiger partial charge in [-0.1, -0.05) is 17.7 Å². The van der Waals surface area contributed by atoms with Gasteiger partial charge in [-0.15, -0.1) is 0 Å². The van der Waals surface area contributed by atoms with Crippen molar-refractivity contribution in [3.8, 4) is 0 Å². The quantitative estimate of drug-likeness (QED) is 0.647. The van der Waals surface area contributed by atoms with Gasteiger partial charge in [-0.25, -0.2) is 0 Å². The molecule has 7 heteroatoms. The third-order valence-corrected chi connectivity index (χ3v) is 2.53. The van der Waals surface area contributed by atoms with Crippen molar-refractivity contribution in [3.05, 3.63) is 51.3 Å². The lowest BCUT2D eigenvalue weighted by Gasteiger charge is -2.07. The highest BCUT2D eigenvalue weighted by Gasteiger charge is 2.16. The van der Waals surface area contributed by atoms with E-state index in [1.54, 1.807) is 24.5 Å². The number of aromatic nitrogens is 2. The van der Waals surface area contributed by atoms with Crippen LogP contribution < -0.4 is 5.32 Å². The van der Waals surface area contributed by atoms with Crippen LogP contribution in [0.2, 0.25) is 5.02 Å². The van der Waals surface area contributed by atoms with E-state index in [2.05, 4.69) is 15.5 Å². The summed E-state index contributed by atoms with van der Waals surface area (Å²) in [5, 5.41) is 20.5. The lowest BCUT2D eigenvalue weighted by molar-refractivity contribution is -0.383. The Morgan fingerprint density at radius 1 is 1.53 bits per heavy atom. The van der Waals surface area contributed by atoms with Crippen LogP contribution in [0.4, 0.5) is 11.4 Å². The summed E-state index contributed by atoms with van der Waals surface area (Å²) in [6, 6.07) is 4.55. The number of anilines is 1. The van der Waals surface area contributed by atoms with Gasteiger partial charge in [0.05, 0.1) is 16.1 Å². The van der Waals surface area contributed by atoms with E-state index in [1.807, 2.05) is 0 Å². The summed E-state index contributed by atoms with van der Waals surface area (Å²) >= 11 is 5.92. The molecule has 2 rings (SSSR count). The van der Waals surface area contributed by atoms with Gasteiger partial charge in [0.1, 0.15) is 5.69 Å². The molecular formula is C10H9ClN4O2. The Kier molecular flexibility index (Phi) is 3.24. The molecule has 88 valence electrons. The average molecular weight is 253 g/mol. The van der Waals surface area contributed by atoms with Crippen LogP contribution in [0.5, 0.6) is 0 Å². The fraction of sp³-hybridized carbons (Fsp3) is 0.100. The van der Waals surface area contributed by atoms with Crippen LogP contribution in [0.3, 0.4) is 0 Å². The summed E-state index contributed by atoms with van der Waals surface area (Å²) in [5.74, 6) is 0. The number of nitrogens with one attached hydrogen (secondary N) is 2. The van der Waals surface area contributed by atoms with Crippen LogP contribution in [-0.4, -0.2) is 15.1 Å². The van der Waals surface area contributed by atoms with Gasteiger partial charge in [-0.2, -0.15) is 5.10 Å². The van der Waals surface area contributed by atoms with Crippen LogP contribution in [0.15, 0.2) is 30.6 Å². The first-order valence-electron chi connectivity index (χ1n) is 4.83. The molecule has 0 aliphatic heterocycles. The van der Waals surface area contributed by atoms with E-state index in [-0.39, 0.29) is 5.69 Å². The third kappa shape index (κ3) is 2.54. The highest BCUT2D eigenvalue weighted by Crippen LogP contribution is 2.32. The van der Waals surface area contributed by atoms with Crippen LogP contribution in [0, 0.1) is 10.1 Å². The van der Waals surface area contributed by atoms with Crippen molar-refractivity contribution in [1.29, 1.82) is 0 Å². The van der Waals surface area contributed by atoms with Crippen molar-refractivity contribution in [2.24, 2.45) is 0 Å². The summed E-state index contributed by atoms with van der Waals surface area (Å²) in [6.45, 7) is 0.418. The molecule has 1 aromatic heterocycles. The molecule has 0 atom stereocenters. The largest absolute Gasteiger partial charge is 0.374 e. The van der Waals surface area contributed by atoms with Gasteiger partial charge in [0.15, 0.2) is 0 Å². The van der Waals surface area contributed by atoms with Gasteiger partial charge in [-0.3, -0.25) is 15.2 Å². The van der Waals surface area contributed by atoms with Gasteiger partial charge >= 0.3 is 0 Å². The molecule has 0 saturated carbocycles. The SMILES string of the molecule is O=[N+]([O-])c1cccc(Cl)c1NCc1cn[nH]c1. The van der Waals surface area contributed by atoms with E-state index in [9.17, 15) is 10.1 Å². The molecule has 0 fully saturated rings. The second-order valence-electron chi connectivity index (χ2n) is 3.35. The molecule has 0 spiro atoms. The minimum absolute atomic E-state index is 0.0407. The molecule has 0 saturated heterocycles. The van der Waals surface area contributed by atoms with Gasteiger partial charge < -0.3 is 5.32 Å². The first kappa shape index (κ1) is 11.4. The standard InChI is InChI=1S/C10H9ClN4O2/c11-8-2-1-3-9(15(16)17)10(8)12-4-7-5-13-14-6-7/h1-3,5-6,12H,4H2,(H,13,14). The molecule has 0 bridgehead atoms. The maximum absolute atomic E-state index is 10.8. The number of para-hydroxylation sites is 1. The zero-order valence-corrected chi connectivity index (χ0v) is 9.44. The molecule has 6 nitrogen and oxygen atoms in total. The van der Waals surface area contributed by atoms with Crippen LogP contribution in [0.1, 0.15) is 5.56 Å². The van der Waals surface area contributed by atoms with E-state index in [1.165, 1.54) is 6.07 Å². The maximum atomic E-state index is 10.8.